The molecular weight excluding hydrogens is 819 g/mol. The fourth-order valence-corrected chi connectivity index (χ4v) is 10.9. The molecule has 12 rings (SSSR count). The van der Waals surface area contributed by atoms with E-state index >= 15 is 0 Å². The van der Waals surface area contributed by atoms with Crippen LogP contribution >= 0.6 is 0 Å². The monoisotopic (exact) mass is 869 g/mol. The highest BCUT2D eigenvalue weighted by Gasteiger charge is 2.38. The Morgan fingerprint density at radius 3 is 0.806 bits per heavy atom. The predicted molar refractivity (Wildman–Crippen MR) is 273 cm³/mol. The molecule has 4 heteroatoms. The number of benzene rings is 9. The molecule has 0 N–H and O–H groups in total. The third-order valence-electron chi connectivity index (χ3n) is 14.7. The Morgan fingerprint density at radius 2 is 0.522 bits per heavy atom. The van der Waals surface area contributed by atoms with E-state index in [9.17, 15) is 0 Å². The van der Waals surface area contributed by atoms with Gasteiger partial charge in [0.2, 0.25) is 0 Å². The minimum Gasteiger partial charge on any atom is -0.456 e. The van der Waals surface area contributed by atoms with E-state index in [1.165, 1.54) is 33.4 Å². The Hall–Kier alpha value is -7.82. The number of hydrogen-bond donors (Lipinski definition) is 0. The molecule has 0 fully saturated rings. The van der Waals surface area contributed by atoms with Crippen molar-refractivity contribution in [2.24, 2.45) is 0 Å². The fourth-order valence-electron chi connectivity index (χ4n) is 10.9. The van der Waals surface area contributed by atoms with E-state index in [2.05, 4.69) is 228 Å². The first-order valence-corrected chi connectivity index (χ1v) is 23.3. The number of anilines is 3. The third-order valence-corrected chi connectivity index (χ3v) is 14.7. The van der Waals surface area contributed by atoms with Crippen molar-refractivity contribution < 1.29 is 14.2 Å². The number of rotatable bonds is 6. The quantitative estimate of drug-likeness (QED) is 0.167. The molecule has 0 unspecified atom stereocenters. The van der Waals surface area contributed by atoms with Gasteiger partial charge in [0, 0.05) is 83.4 Å². The molecule has 0 saturated carbocycles. The predicted octanol–water partition coefficient (Wildman–Crippen LogP) is 17.5. The van der Waals surface area contributed by atoms with Gasteiger partial charge < -0.3 is 19.1 Å². The summed E-state index contributed by atoms with van der Waals surface area (Å²) in [5, 5.41) is 0. The van der Waals surface area contributed by atoms with E-state index in [0.29, 0.717) is 0 Å². The van der Waals surface area contributed by atoms with Crippen molar-refractivity contribution in [2.75, 3.05) is 4.90 Å². The van der Waals surface area contributed by atoms with Crippen molar-refractivity contribution in [1.82, 2.24) is 0 Å². The molecule has 0 bridgehead atoms. The number of nitrogens with zero attached hydrogens (tertiary/aromatic N) is 1. The molecule has 3 heterocycles. The largest absolute Gasteiger partial charge is 0.456 e. The molecule has 9 aromatic rings. The van der Waals surface area contributed by atoms with Gasteiger partial charge in [-0.05, 0) is 71.3 Å². The lowest BCUT2D eigenvalue weighted by molar-refractivity contribution is 0.419. The lowest BCUT2D eigenvalue weighted by Gasteiger charge is -2.35. The van der Waals surface area contributed by atoms with Crippen molar-refractivity contribution in [3.05, 3.63) is 234 Å². The average Bonchev–Trinajstić information content (AvgIpc) is 3.35. The first-order chi connectivity index (χ1) is 32.5. The SMILES string of the molecule is CC1(C)c2ccccc2Oc2c(-c3ccc(N(c4ccc(-c5cccc6c5Oc5ccccc5C6(C)C)cc4)c4ccc(-c5cccc6c5Oc5ccccc5C6(C)C)cc4)cc3)cccc21. The van der Waals surface area contributed by atoms with Crippen LogP contribution in [0.15, 0.2) is 200 Å². The molecule has 0 saturated heterocycles. The van der Waals surface area contributed by atoms with Crippen LogP contribution in [0.1, 0.15) is 74.9 Å². The maximum atomic E-state index is 6.71. The highest BCUT2D eigenvalue weighted by molar-refractivity contribution is 5.85. The van der Waals surface area contributed by atoms with Crippen LogP contribution in [0.4, 0.5) is 17.1 Å². The molecule has 0 radical (unpaired) electrons. The van der Waals surface area contributed by atoms with Crippen LogP contribution in [0.25, 0.3) is 33.4 Å². The topological polar surface area (TPSA) is 30.9 Å². The van der Waals surface area contributed by atoms with E-state index in [1.807, 2.05) is 18.2 Å². The first kappa shape index (κ1) is 40.7. The maximum Gasteiger partial charge on any atom is 0.139 e. The fraction of sp³-hybridized carbons (Fsp3) is 0.143. The van der Waals surface area contributed by atoms with Crippen LogP contribution < -0.4 is 19.1 Å². The average molecular weight is 870 g/mol. The number of hydrogen-bond acceptors (Lipinski definition) is 4. The van der Waals surface area contributed by atoms with Gasteiger partial charge in [-0.3, -0.25) is 0 Å². The van der Waals surface area contributed by atoms with Gasteiger partial charge in [0.1, 0.15) is 34.5 Å². The highest BCUT2D eigenvalue weighted by atomic mass is 16.5. The van der Waals surface area contributed by atoms with Gasteiger partial charge in [-0.25, -0.2) is 0 Å². The second-order valence-corrected chi connectivity index (χ2v) is 19.7. The first-order valence-electron chi connectivity index (χ1n) is 23.3. The second kappa shape index (κ2) is 15.1. The third kappa shape index (κ3) is 6.42. The Morgan fingerprint density at radius 1 is 0.269 bits per heavy atom. The van der Waals surface area contributed by atoms with Crippen LogP contribution in [0.2, 0.25) is 0 Å². The molecule has 326 valence electrons. The van der Waals surface area contributed by atoms with Crippen LogP contribution in [-0.4, -0.2) is 0 Å². The molecule has 3 aliphatic heterocycles. The number of fused-ring (bicyclic) bond motifs is 6. The van der Waals surface area contributed by atoms with Crippen molar-refractivity contribution in [1.29, 1.82) is 0 Å². The van der Waals surface area contributed by atoms with Crippen molar-refractivity contribution in [3.8, 4) is 67.9 Å². The lowest BCUT2D eigenvalue weighted by Crippen LogP contribution is -2.24. The van der Waals surface area contributed by atoms with Crippen molar-refractivity contribution >= 4 is 17.1 Å². The summed E-state index contributed by atoms with van der Waals surface area (Å²) in [5.41, 5.74) is 16.2. The van der Waals surface area contributed by atoms with Crippen LogP contribution in [-0.2, 0) is 16.2 Å². The molecule has 67 heavy (non-hydrogen) atoms. The Bertz CT molecular complexity index is 3030. The van der Waals surface area contributed by atoms with E-state index in [0.717, 1.165) is 84.9 Å². The minimum absolute atomic E-state index is 0.201. The Labute approximate surface area is 393 Å². The molecule has 4 nitrogen and oxygen atoms in total. The lowest BCUT2D eigenvalue weighted by atomic mass is 9.75. The summed E-state index contributed by atoms with van der Waals surface area (Å²) in [5.74, 6) is 5.48. The second-order valence-electron chi connectivity index (χ2n) is 19.7. The Balaban J connectivity index is 0.935. The maximum absolute atomic E-state index is 6.71. The summed E-state index contributed by atoms with van der Waals surface area (Å²) < 4.78 is 20.1. The van der Waals surface area contributed by atoms with Crippen LogP contribution in [0.5, 0.6) is 34.5 Å². The zero-order chi connectivity index (χ0) is 45.7. The summed E-state index contributed by atoms with van der Waals surface area (Å²) in [6, 6.07) is 71.4. The van der Waals surface area contributed by atoms with Gasteiger partial charge in [-0.15, -0.1) is 0 Å². The van der Waals surface area contributed by atoms with Crippen molar-refractivity contribution in [3.63, 3.8) is 0 Å². The van der Waals surface area contributed by atoms with Gasteiger partial charge in [-0.1, -0.05) is 187 Å². The Kier molecular flexibility index (Phi) is 9.18. The summed E-state index contributed by atoms with van der Waals surface area (Å²) in [4.78, 5) is 2.33. The van der Waals surface area contributed by atoms with E-state index < -0.39 is 0 Å². The smallest absolute Gasteiger partial charge is 0.139 e. The molecule has 3 aliphatic rings. The molecule has 0 aliphatic carbocycles. The molecule has 0 spiro atoms. The summed E-state index contributed by atoms with van der Waals surface area (Å²) in [6.07, 6.45) is 0. The zero-order valence-corrected chi connectivity index (χ0v) is 38.7. The molecule has 0 amide bonds. The van der Waals surface area contributed by atoms with E-state index in [4.69, 9.17) is 14.2 Å². The van der Waals surface area contributed by atoms with Gasteiger partial charge in [0.05, 0.1) is 0 Å². The van der Waals surface area contributed by atoms with Crippen LogP contribution in [0.3, 0.4) is 0 Å². The number of ether oxygens (including phenoxy) is 3. The van der Waals surface area contributed by atoms with E-state index in [1.54, 1.807) is 0 Å². The molecular formula is C63H51NO3. The standard InChI is InChI=1S/C63H51NO3/c1-61(2)49-19-7-10-25-55(49)65-58-46(16-13-22-52(58)61)40-28-34-43(35-29-40)64(44-36-30-41(31-37-44)47-17-14-23-53-59(47)66-56-26-11-8-20-50(56)62(53,3)4)45-38-32-42(33-39-45)48-18-15-24-54-60(48)67-57-27-12-9-21-51(57)63(54,5)6/h7-39H,1-6H3. The summed E-state index contributed by atoms with van der Waals surface area (Å²) >= 11 is 0. The summed E-state index contributed by atoms with van der Waals surface area (Å²) in [7, 11) is 0. The van der Waals surface area contributed by atoms with Crippen LogP contribution in [0, 0.1) is 0 Å². The number of para-hydroxylation sites is 6. The van der Waals surface area contributed by atoms with E-state index in [-0.39, 0.29) is 16.2 Å². The summed E-state index contributed by atoms with van der Waals surface area (Å²) in [6.45, 7) is 13.7. The van der Waals surface area contributed by atoms with Gasteiger partial charge in [0.15, 0.2) is 0 Å². The zero-order valence-electron chi connectivity index (χ0n) is 38.7. The van der Waals surface area contributed by atoms with Crippen molar-refractivity contribution in [2.45, 2.75) is 57.8 Å². The molecule has 0 atom stereocenters. The van der Waals surface area contributed by atoms with Gasteiger partial charge in [-0.2, -0.15) is 0 Å². The minimum atomic E-state index is -0.201. The normalized spacial score (nSPS) is 15.1. The highest BCUT2D eigenvalue weighted by Crippen LogP contribution is 2.54. The van der Waals surface area contributed by atoms with Gasteiger partial charge in [0.25, 0.3) is 0 Å². The van der Waals surface area contributed by atoms with Gasteiger partial charge >= 0.3 is 0 Å². The molecule has 9 aromatic carbocycles. The molecule has 0 aromatic heterocycles.